The molecule has 0 radical (unpaired) electrons. The van der Waals surface area contributed by atoms with E-state index in [1.54, 1.807) is 6.92 Å². The van der Waals surface area contributed by atoms with Crippen LogP contribution in [0.1, 0.15) is 18.1 Å². The molecule has 0 aromatic heterocycles. The zero-order valence-electron chi connectivity index (χ0n) is 14.3. The van der Waals surface area contributed by atoms with Crippen molar-refractivity contribution in [1.82, 2.24) is 10.6 Å². The summed E-state index contributed by atoms with van der Waals surface area (Å²) in [7, 11) is 0. The monoisotopic (exact) mass is 470 g/mol. The van der Waals surface area contributed by atoms with Crippen LogP contribution in [0.15, 0.2) is 51.4 Å². The molecule has 0 heterocycles. The van der Waals surface area contributed by atoms with Crippen molar-refractivity contribution in [3.05, 3.63) is 62.5 Å². The molecule has 25 heavy (non-hydrogen) atoms. The van der Waals surface area contributed by atoms with E-state index in [4.69, 9.17) is 4.74 Å². The molecular weight excluding hydrogens is 448 g/mol. The van der Waals surface area contributed by atoms with Crippen molar-refractivity contribution in [2.75, 3.05) is 19.6 Å². The van der Waals surface area contributed by atoms with Gasteiger partial charge >= 0.3 is 0 Å². The van der Waals surface area contributed by atoms with E-state index in [1.165, 1.54) is 5.56 Å². The summed E-state index contributed by atoms with van der Waals surface area (Å²) in [5.74, 6) is 0.811. The number of aliphatic hydroxyl groups excluding tert-OH is 1. The van der Waals surface area contributed by atoms with Gasteiger partial charge in [-0.1, -0.05) is 30.3 Å². The highest BCUT2D eigenvalue weighted by molar-refractivity contribution is 9.11. The third-order valence-corrected chi connectivity index (χ3v) is 4.71. The highest BCUT2D eigenvalue weighted by atomic mass is 79.9. The zero-order chi connectivity index (χ0) is 18.1. The molecule has 0 aliphatic rings. The molecule has 0 bridgehead atoms. The first kappa shape index (κ1) is 20.4. The molecule has 2 aromatic rings. The molecule has 0 aliphatic carbocycles. The van der Waals surface area contributed by atoms with Gasteiger partial charge in [0.1, 0.15) is 12.4 Å². The zero-order valence-corrected chi connectivity index (χ0v) is 17.4. The topological polar surface area (TPSA) is 53.5 Å². The van der Waals surface area contributed by atoms with Gasteiger partial charge < -0.3 is 20.5 Å². The Balaban J connectivity index is 1.82. The summed E-state index contributed by atoms with van der Waals surface area (Å²) in [4.78, 5) is 0. The smallest absolute Gasteiger partial charge is 0.148 e. The van der Waals surface area contributed by atoms with Gasteiger partial charge in [0.15, 0.2) is 0 Å². The SMILES string of the molecule is CC(O)CNCCNCc1cc(Br)c(OCc2ccccc2)c(Br)c1. The summed E-state index contributed by atoms with van der Waals surface area (Å²) >= 11 is 7.20. The quantitative estimate of drug-likeness (QED) is 0.460. The number of nitrogens with one attached hydrogen (secondary N) is 2. The Bertz CT molecular complexity index is 628. The van der Waals surface area contributed by atoms with Gasteiger partial charge in [-0.25, -0.2) is 0 Å². The maximum absolute atomic E-state index is 9.19. The fourth-order valence-electron chi connectivity index (χ4n) is 2.30. The predicted molar refractivity (Wildman–Crippen MR) is 109 cm³/mol. The first-order valence-corrected chi connectivity index (χ1v) is 9.89. The molecule has 4 nitrogen and oxygen atoms in total. The van der Waals surface area contributed by atoms with Crippen LogP contribution in [-0.4, -0.2) is 30.8 Å². The average Bonchev–Trinajstić information content (AvgIpc) is 2.58. The van der Waals surface area contributed by atoms with Gasteiger partial charge in [-0.3, -0.25) is 0 Å². The Morgan fingerprint density at radius 3 is 2.28 bits per heavy atom. The van der Waals surface area contributed by atoms with Crippen LogP contribution in [0.3, 0.4) is 0 Å². The van der Waals surface area contributed by atoms with Crippen LogP contribution in [0.5, 0.6) is 5.75 Å². The molecule has 0 amide bonds. The third kappa shape index (κ3) is 7.46. The van der Waals surface area contributed by atoms with Crippen molar-refractivity contribution in [2.24, 2.45) is 0 Å². The highest BCUT2D eigenvalue weighted by Crippen LogP contribution is 2.35. The van der Waals surface area contributed by atoms with Gasteiger partial charge in [-0.15, -0.1) is 0 Å². The fourth-order valence-corrected chi connectivity index (χ4v) is 3.81. The summed E-state index contributed by atoms with van der Waals surface area (Å²) in [5.41, 5.74) is 2.30. The maximum atomic E-state index is 9.19. The number of rotatable bonds is 10. The van der Waals surface area contributed by atoms with E-state index in [0.717, 1.165) is 39.9 Å². The van der Waals surface area contributed by atoms with Crippen molar-refractivity contribution in [3.8, 4) is 5.75 Å². The lowest BCUT2D eigenvalue weighted by atomic mass is 10.2. The minimum atomic E-state index is -0.310. The molecule has 0 aliphatic heterocycles. The Hall–Kier alpha value is -0.920. The number of halogens is 2. The molecule has 2 rings (SSSR count). The number of ether oxygens (including phenoxy) is 1. The summed E-state index contributed by atoms with van der Waals surface area (Å²) in [5, 5.41) is 15.8. The van der Waals surface area contributed by atoms with Crippen molar-refractivity contribution in [3.63, 3.8) is 0 Å². The van der Waals surface area contributed by atoms with Crippen LogP contribution in [0.2, 0.25) is 0 Å². The van der Waals surface area contributed by atoms with E-state index in [9.17, 15) is 5.11 Å². The Kier molecular flexibility index (Phi) is 8.92. The molecule has 0 saturated carbocycles. The van der Waals surface area contributed by atoms with E-state index < -0.39 is 0 Å². The standard InChI is InChI=1S/C19H24Br2N2O2/c1-14(24)11-22-7-8-23-12-16-9-17(20)19(18(21)10-16)25-13-15-5-3-2-4-6-15/h2-6,9-10,14,22-24H,7-8,11-13H2,1H3. The number of hydrogen-bond acceptors (Lipinski definition) is 4. The Morgan fingerprint density at radius 1 is 1.00 bits per heavy atom. The van der Waals surface area contributed by atoms with Crippen molar-refractivity contribution in [1.29, 1.82) is 0 Å². The molecule has 3 N–H and O–H groups in total. The molecule has 136 valence electrons. The second-order valence-electron chi connectivity index (χ2n) is 5.89. The van der Waals surface area contributed by atoms with Crippen molar-refractivity contribution >= 4 is 31.9 Å². The summed E-state index contributed by atoms with van der Waals surface area (Å²) in [6.07, 6.45) is -0.310. The molecule has 1 unspecified atom stereocenters. The Labute approximate surface area is 166 Å². The first-order chi connectivity index (χ1) is 12.1. The van der Waals surface area contributed by atoms with E-state index >= 15 is 0 Å². The van der Waals surface area contributed by atoms with E-state index in [2.05, 4.69) is 54.6 Å². The molecule has 0 spiro atoms. The van der Waals surface area contributed by atoms with Crippen LogP contribution in [-0.2, 0) is 13.2 Å². The van der Waals surface area contributed by atoms with Gasteiger partial charge in [0, 0.05) is 26.2 Å². The van der Waals surface area contributed by atoms with Gasteiger partial charge in [-0.2, -0.15) is 0 Å². The average molecular weight is 472 g/mol. The first-order valence-electron chi connectivity index (χ1n) is 8.30. The second kappa shape index (κ2) is 10.9. The van der Waals surface area contributed by atoms with Crippen molar-refractivity contribution < 1.29 is 9.84 Å². The molecule has 1 atom stereocenters. The summed E-state index contributed by atoms with van der Waals surface area (Å²) in [6, 6.07) is 14.2. The van der Waals surface area contributed by atoms with Crippen LogP contribution in [0.25, 0.3) is 0 Å². The fraction of sp³-hybridized carbons (Fsp3) is 0.368. The van der Waals surface area contributed by atoms with Crippen LogP contribution in [0, 0.1) is 0 Å². The lowest BCUT2D eigenvalue weighted by Crippen LogP contribution is -2.31. The normalized spacial score (nSPS) is 12.2. The van der Waals surface area contributed by atoms with Gasteiger partial charge in [0.05, 0.1) is 15.0 Å². The molecule has 6 heteroatoms. The lowest BCUT2D eigenvalue weighted by Gasteiger charge is -2.13. The molecule has 0 saturated heterocycles. The summed E-state index contributed by atoms with van der Waals surface area (Å²) < 4.78 is 7.81. The van der Waals surface area contributed by atoms with Crippen LogP contribution >= 0.6 is 31.9 Å². The molecule has 0 fully saturated rings. The van der Waals surface area contributed by atoms with E-state index in [0.29, 0.717) is 13.2 Å². The largest absolute Gasteiger partial charge is 0.487 e. The summed E-state index contributed by atoms with van der Waals surface area (Å²) in [6.45, 7) is 5.36. The number of benzene rings is 2. The van der Waals surface area contributed by atoms with Crippen LogP contribution in [0.4, 0.5) is 0 Å². The van der Waals surface area contributed by atoms with Gasteiger partial charge in [0.2, 0.25) is 0 Å². The predicted octanol–water partition coefficient (Wildman–Crippen LogP) is 3.85. The number of hydrogen-bond donors (Lipinski definition) is 3. The lowest BCUT2D eigenvalue weighted by molar-refractivity contribution is 0.191. The van der Waals surface area contributed by atoms with Gasteiger partial charge in [-0.05, 0) is 62.0 Å². The van der Waals surface area contributed by atoms with Crippen molar-refractivity contribution in [2.45, 2.75) is 26.2 Å². The van der Waals surface area contributed by atoms with E-state index in [1.807, 2.05) is 30.3 Å². The molecular formula is C19H24Br2N2O2. The highest BCUT2D eigenvalue weighted by Gasteiger charge is 2.09. The Morgan fingerprint density at radius 2 is 1.64 bits per heavy atom. The van der Waals surface area contributed by atoms with E-state index in [-0.39, 0.29) is 6.10 Å². The van der Waals surface area contributed by atoms with Gasteiger partial charge in [0.25, 0.3) is 0 Å². The third-order valence-electron chi connectivity index (χ3n) is 3.53. The molecule has 2 aromatic carbocycles. The second-order valence-corrected chi connectivity index (χ2v) is 7.60. The minimum absolute atomic E-state index is 0.310. The maximum Gasteiger partial charge on any atom is 0.148 e. The van der Waals surface area contributed by atoms with Crippen LogP contribution < -0.4 is 15.4 Å². The number of aliphatic hydroxyl groups is 1. The minimum Gasteiger partial charge on any atom is -0.487 e.